The lowest BCUT2D eigenvalue weighted by molar-refractivity contribution is -0.132. The van der Waals surface area contributed by atoms with Crippen molar-refractivity contribution in [3.8, 4) is 5.75 Å². The van der Waals surface area contributed by atoms with Crippen LogP contribution in [0.15, 0.2) is 103 Å². The maximum absolute atomic E-state index is 12.2. The topological polar surface area (TPSA) is 75.6 Å². The first-order valence-corrected chi connectivity index (χ1v) is 9.32. The molecule has 0 aliphatic rings. The number of aliphatic carboxylic acids is 1. The summed E-state index contributed by atoms with van der Waals surface area (Å²) in [5.74, 6) is -1.10. The zero-order chi connectivity index (χ0) is 21.3. The van der Waals surface area contributed by atoms with E-state index in [2.05, 4.69) is 11.9 Å². The van der Waals surface area contributed by atoms with Crippen LogP contribution in [0.25, 0.3) is 6.08 Å². The Labute approximate surface area is 175 Å². The monoisotopic (exact) mass is 399 g/mol. The van der Waals surface area contributed by atoms with Gasteiger partial charge in [0.15, 0.2) is 0 Å². The fourth-order valence-electron chi connectivity index (χ4n) is 2.79. The molecule has 5 heteroatoms. The van der Waals surface area contributed by atoms with E-state index >= 15 is 0 Å². The molecule has 0 aliphatic heterocycles. The second-order valence-corrected chi connectivity index (χ2v) is 6.44. The van der Waals surface area contributed by atoms with Crippen molar-refractivity contribution in [2.75, 3.05) is 0 Å². The van der Waals surface area contributed by atoms with E-state index < -0.39 is 11.9 Å². The molecule has 1 amide bonds. The number of carboxylic acid groups (broad SMARTS) is 1. The summed E-state index contributed by atoms with van der Waals surface area (Å²) in [6, 6.07) is 25.1. The summed E-state index contributed by atoms with van der Waals surface area (Å²) >= 11 is 0. The summed E-state index contributed by atoms with van der Waals surface area (Å²) in [5, 5.41) is 11.9. The van der Waals surface area contributed by atoms with E-state index in [0.29, 0.717) is 16.9 Å². The van der Waals surface area contributed by atoms with Crippen molar-refractivity contribution in [3.05, 3.63) is 120 Å². The highest BCUT2D eigenvalue weighted by Gasteiger charge is 2.13. The van der Waals surface area contributed by atoms with Gasteiger partial charge in [0.05, 0.1) is 0 Å². The molecular weight excluding hydrogens is 378 g/mol. The van der Waals surface area contributed by atoms with Crippen molar-refractivity contribution in [2.24, 2.45) is 0 Å². The number of nitrogens with one attached hydrogen (secondary N) is 1. The minimum absolute atomic E-state index is 0.217. The van der Waals surface area contributed by atoms with Crippen LogP contribution in [-0.4, -0.2) is 17.0 Å². The Bertz CT molecular complexity index is 1040. The number of benzene rings is 3. The number of hydrogen-bond donors (Lipinski definition) is 2. The minimum atomic E-state index is -1.23. The third kappa shape index (κ3) is 5.45. The molecule has 0 radical (unpaired) electrons. The molecule has 1 unspecified atom stereocenters. The van der Waals surface area contributed by atoms with Crippen LogP contribution in [0.2, 0.25) is 0 Å². The molecule has 150 valence electrons. The summed E-state index contributed by atoms with van der Waals surface area (Å²) in [5.41, 5.74) is 1.76. The third-order valence-corrected chi connectivity index (χ3v) is 4.31. The van der Waals surface area contributed by atoms with Gasteiger partial charge in [-0.25, -0.2) is 4.79 Å². The zero-order valence-corrected chi connectivity index (χ0v) is 16.2. The van der Waals surface area contributed by atoms with E-state index in [-0.39, 0.29) is 11.8 Å². The number of hydrogen-bond acceptors (Lipinski definition) is 3. The normalized spacial score (nSPS) is 11.9. The van der Waals surface area contributed by atoms with Crippen LogP contribution >= 0.6 is 0 Å². The molecule has 0 saturated carbocycles. The summed E-state index contributed by atoms with van der Waals surface area (Å²) in [4.78, 5) is 23.8. The summed E-state index contributed by atoms with van der Waals surface area (Å²) in [6.45, 7) is 3.82. The first kappa shape index (κ1) is 20.6. The van der Waals surface area contributed by atoms with Gasteiger partial charge in [0, 0.05) is 5.56 Å². The predicted molar refractivity (Wildman–Crippen MR) is 116 cm³/mol. The van der Waals surface area contributed by atoms with Crippen LogP contribution in [-0.2, 0) is 4.79 Å². The average molecular weight is 399 g/mol. The van der Waals surface area contributed by atoms with Crippen molar-refractivity contribution in [3.63, 3.8) is 0 Å². The van der Waals surface area contributed by atoms with Crippen LogP contribution in [0, 0.1) is 0 Å². The molecule has 0 saturated heterocycles. The smallest absolute Gasteiger partial charge is 0.352 e. The van der Waals surface area contributed by atoms with Gasteiger partial charge in [0.25, 0.3) is 5.91 Å². The lowest BCUT2D eigenvalue weighted by Crippen LogP contribution is -2.27. The van der Waals surface area contributed by atoms with Gasteiger partial charge >= 0.3 is 5.97 Å². The summed E-state index contributed by atoms with van der Waals surface area (Å²) in [6.07, 6.45) is 2.81. The molecule has 5 nitrogen and oxygen atoms in total. The lowest BCUT2D eigenvalue weighted by Gasteiger charge is -2.16. The van der Waals surface area contributed by atoms with Crippen LogP contribution in [0.5, 0.6) is 5.75 Å². The number of carbonyl (C=O) groups is 2. The second kappa shape index (κ2) is 9.89. The van der Waals surface area contributed by atoms with E-state index in [4.69, 9.17) is 4.74 Å². The predicted octanol–water partition coefficient (Wildman–Crippen LogP) is 4.85. The number of carbonyl (C=O) groups excluding carboxylic acids is 1. The van der Waals surface area contributed by atoms with Gasteiger partial charge in [0.2, 0.25) is 0 Å². The molecule has 0 bridgehead atoms. The van der Waals surface area contributed by atoms with E-state index in [0.717, 1.165) is 5.56 Å². The van der Waals surface area contributed by atoms with Crippen molar-refractivity contribution < 1.29 is 19.4 Å². The summed E-state index contributed by atoms with van der Waals surface area (Å²) < 4.78 is 5.95. The van der Waals surface area contributed by atoms with Gasteiger partial charge < -0.3 is 15.2 Å². The maximum Gasteiger partial charge on any atom is 0.352 e. The van der Waals surface area contributed by atoms with Crippen molar-refractivity contribution in [2.45, 2.75) is 6.10 Å². The molecule has 0 aliphatic carbocycles. The van der Waals surface area contributed by atoms with Crippen LogP contribution < -0.4 is 10.1 Å². The second-order valence-electron chi connectivity index (χ2n) is 6.44. The van der Waals surface area contributed by atoms with Crippen molar-refractivity contribution in [1.29, 1.82) is 0 Å². The first-order valence-electron chi connectivity index (χ1n) is 9.32. The Morgan fingerprint density at radius 1 is 0.900 bits per heavy atom. The fourth-order valence-corrected chi connectivity index (χ4v) is 2.79. The highest BCUT2D eigenvalue weighted by atomic mass is 16.5. The molecule has 3 rings (SSSR count). The SMILES string of the molecule is C=CC(Oc1ccc(C=C(NC(=O)c2ccccc2)C(=O)O)cc1)c1ccccc1. The van der Waals surface area contributed by atoms with Crippen LogP contribution in [0.1, 0.15) is 27.6 Å². The standard InChI is InChI=1S/C25H21NO4/c1-2-23(19-9-5-3-6-10-19)30-21-15-13-18(14-16-21)17-22(25(28)29)26-24(27)20-11-7-4-8-12-20/h2-17,23H,1H2,(H,26,27)(H,28,29). The molecule has 1 atom stereocenters. The molecule has 2 N–H and O–H groups in total. The van der Waals surface area contributed by atoms with Gasteiger partial charge in [-0.05, 0) is 47.5 Å². The number of rotatable bonds is 8. The Morgan fingerprint density at radius 3 is 2.07 bits per heavy atom. The van der Waals surface area contributed by atoms with Crippen molar-refractivity contribution >= 4 is 18.0 Å². The van der Waals surface area contributed by atoms with E-state index in [1.165, 1.54) is 6.08 Å². The molecular formula is C25H21NO4. The summed E-state index contributed by atoms with van der Waals surface area (Å²) in [7, 11) is 0. The first-order chi connectivity index (χ1) is 14.6. The van der Waals surface area contributed by atoms with Gasteiger partial charge in [-0.3, -0.25) is 4.79 Å². The van der Waals surface area contributed by atoms with Crippen LogP contribution in [0.3, 0.4) is 0 Å². The number of ether oxygens (including phenoxy) is 1. The highest BCUT2D eigenvalue weighted by molar-refractivity contribution is 6.02. The molecule has 30 heavy (non-hydrogen) atoms. The zero-order valence-electron chi connectivity index (χ0n) is 16.2. The van der Waals surface area contributed by atoms with Gasteiger partial charge in [0.1, 0.15) is 17.6 Å². The van der Waals surface area contributed by atoms with E-state index in [1.54, 1.807) is 60.7 Å². The number of amides is 1. The fraction of sp³-hybridized carbons (Fsp3) is 0.0400. The van der Waals surface area contributed by atoms with Gasteiger partial charge in [-0.15, -0.1) is 0 Å². The molecule has 0 spiro atoms. The van der Waals surface area contributed by atoms with Gasteiger partial charge in [-0.1, -0.05) is 67.2 Å². The highest BCUT2D eigenvalue weighted by Crippen LogP contribution is 2.23. The maximum atomic E-state index is 12.2. The number of carboxylic acids is 1. The largest absolute Gasteiger partial charge is 0.482 e. The lowest BCUT2D eigenvalue weighted by atomic mass is 10.1. The molecule has 0 heterocycles. The molecule has 3 aromatic rings. The van der Waals surface area contributed by atoms with Crippen LogP contribution in [0.4, 0.5) is 0 Å². The van der Waals surface area contributed by atoms with Crippen molar-refractivity contribution in [1.82, 2.24) is 5.32 Å². The molecule has 3 aromatic carbocycles. The third-order valence-electron chi connectivity index (χ3n) is 4.31. The molecule has 0 fully saturated rings. The molecule has 0 aromatic heterocycles. The average Bonchev–Trinajstić information content (AvgIpc) is 2.79. The Kier molecular flexibility index (Phi) is 6.79. The Morgan fingerprint density at radius 2 is 1.50 bits per heavy atom. The van der Waals surface area contributed by atoms with E-state index in [1.807, 2.05) is 30.3 Å². The van der Waals surface area contributed by atoms with E-state index in [9.17, 15) is 14.7 Å². The van der Waals surface area contributed by atoms with Gasteiger partial charge in [-0.2, -0.15) is 0 Å². The Balaban J connectivity index is 1.73. The Hall–Kier alpha value is -4.12. The quantitative estimate of drug-likeness (QED) is 0.419. The minimum Gasteiger partial charge on any atom is -0.482 e.